The molecule has 0 heterocycles. The number of phenols is 1. The van der Waals surface area contributed by atoms with E-state index in [0.717, 1.165) is 0 Å². The zero-order chi connectivity index (χ0) is 16.5. The molecule has 6 nitrogen and oxygen atoms in total. The van der Waals surface area contributed by atoms with Crippen molar-refractivity contribution in [2.24, 2.45) is 0 Å². The average molecular weight is 330 g/mol. The van der Waals surface area contributed by atoms with E-state index in [0.29, 0.717) is 13.2 Å². The van der Waals surface area contributed by atoms with E-state index >= 15 is 0 Å². The molecule has 22 heavy (non-hydrogen) atoms. The van der Waals surface area contributed by atoms with Crippen molar-refractivity contribution in [3.8, 4) is 11.5 Å². The number of ether oxygens (including phenoxy) is 3. The van der Waals surface area contributed by atoms with Gasteiger partial charge in [0.05, 0.1) is 23.8 Å². The predicted molar refractivity (Wildman–Crippen MR) is 83.6 cm³/mol. The van der Waals surface area contributed by atoms with Crippen LogP contribution in [-0.2, 0) is 9.47 Å². The molecule has 1 N–H and O–H groups in total. The molecule has 0 aliphatic rings. The van der Waals surface area contributed by atoms with Crippen LogP contribution in [-0.4, -0.2) is 57.0 Å². The largest absolute Gasteiger partial charge is 0.507 e. The maximum absolute atomic E-state index is 12.0. The third kappa shape index (κ3) is 5.93. The van der Waals surface area contributed by atoms with Gasteiger partial charge in [0.2, 0.25) is 0 Å². The van der Waals surface area contributed by atoms with E-state index < -0.39 is 0 Å². The summed E-state index contributed by atoms with van der Waals surface area (Å²) in [4.78, 5) is 13.7. The van der Waals surface area contributed by atoms with Crippen molar-refractivity contribution in [2.75, 3.05) is 41.2 Å². The smallest absolute Gasteiger partial charge is 0.191 e. The predicted octanol–water partition coefficient (Wildman–Crippen LogP) is 2.30. The van der Waals surface area contributed by atoms with Gasteiger partial charge in [-0.15, -0.1) is 0 Å². The number of carbonyl (C=O) groups excluding carboxylic acids is 1. The van der Waals surface area contributed by atoms with Crippen molar-refractivity contribution >= 4 is 17.4 Å². The number of ketones is 1. The van der Waals surface area contributed by atoms with Gasteiger partial charge in [-0.1, -0.05) is 11.6 Å². The Labute approximate surface area is 134 Å². The van der Waals surface area contributed by atoms with E-state index in [9.17, 15) is 9.90 Å². The molecule has 122 valence electrons. The topological polar surface area (TPSA) is 68.2 Å². The lowest BCUT2D eigenvalue weighted by Gasteiger charge is -2.11. The summed E-state index contributed by atoms with van der Waals surface area (Å²) in [7, 11) is 5.15. The molecule has 7 heteroatoms. The van der Waals surface area contributed by atoms with Crippen LogP contribution in [0.25, 0.3) is 0 Å². The van der Waals surface area contributed by atoms with E-state index in [1.54, 1.807) is 32.3 Å². The molecule has 0 aromatic heterocycles. The third-order valence-corrected chi connectivity index (χ3v) is 2.86. The van der Waals surface area contributed by atoms with Crippen molar-refractivity contribution < 1.29 is 24.1 Å². The van der Waals surface area contributed by atoms with Gasteiger partial charge in [-0.25, -0.2) is 0 Å². The Hall–Kier alpha value is -1.76. The van der Waals surface area contributed by atoms with Gasteiger partial charge in [0.1, 0.15) is 11.5 Å². The molecule has 0 atom stereocenters. The van der Waals surface area contributed by atoms with Gasteiger partial charge >= 0.3 is 0 Å². The van der Waals surface area contributed by atoms with E-state index in [4.69, 9.17) is 25.8 Å². The van der Waals surface area contributed by atoms with E-state index in [-0.39, 0.29) is 34.7 Å². The molecular weight excluding hydrogens is 310 g/mol. The first-order valence-electron chi connectivity index (χ1n) is 6.56. The Morgan fingerprint density at radius 1 is 1.36 bits per heavy atom. The highest BCUT2D eigenvalue weighted by molar-refractivity contribution is 6.32. The number of hydrogen-bond donors (Lipinski definition) is 1. The van der Waals surface area contributed by atoms with Crippen LogP contribution in [0, 0.1) is 0 Å². The van der Waals surface area contributed by atoms with Gasteiger partial charge < -0.3 is 24.2 Å². The van der Waals surface area contributed by atoms with Crippen molar-refractivity contribution in [2.45, 2.75) is 0 Å². The van der Waals surface area contributed by atoms with Crippen LogP contribution in [0.1, 0.15) is 10.4 Å². The van der Waals surface area contributed by atoms with Crippen LogP contribution < -0.4 is 4.74 Å². The highest BCUT2D eigenvalue weighted by atomic mass is 35.5. The number of phenolic OH excluding ortho intramolecular Hbond substituents is 1. The molecule has 0 amide bonds. The van der Waals surface area contributed by atoms with Crippen molar-refractivity contribution in [3.63, 3.8) is 0 Å². The number of rotatable bonds is 9. The fourth-order valence-corrected chi connectivity index (χ4v) is 1.68. The maximum atomic E-state index is 12.0. The number of methoxy groups -OCH3 is 1. The second-order valence-electron chi connectivity index (χ2n) is 4.61. The lowest BCUT2D eigenvalue weighted by atomic mass is 10.1. The van der Waals surface area contributed by atoms with Gasteiger partial charge in [-0.05, 0) is 6.07 Å². The summed E-state index contributed by atoms with van der Waals surface area (Å²) in [5.74, 6) is -0.314. The Bertz CT molecular complexity index is 531. The molecule has 0 saturated heterocycles. The molecule has 0 fully saturated rings. The van der Waals surface area contributed by atoms with Crippen LogP contribution in [0.4, 0.5) is 0 Å². The van der Waals surface area contributed by atoms with Gasteiger partial charge in [-0.3, -0.25) is 4.79 Å². The second-order valence-corrected chi connectivity index (χ2v) is 5.01. The SMILES string of the molecule is COCCOCOc1cc(O)c(C(=O)/C=C/N(C)C)cc1Cl. The highest BCUT2D eigenvalue weighted by Crippen LogP contribution is 2.32. The van der Waals surface area contributed by atoms with E-state index in [1.165, 1.54) is 18.2 Å². The van der Waals surface area contributed by atoms with E-state index in [2.05, 4.69) is 0 Å². The Morgan fingerprint density at radius 3 is 2.73 bits per heavy atom. The quantitative estimate of drug-likeness (QED) is 0.324. The average Bonchev–Trinajstić information content (AvgIpc) is 2.47. The van der Waals surface area contributed by atoms with Crippen LogP contribution in [0.3, 0.4) is 0 Å². The molecule has 1 rings (SSSR count). The van der Waals surface area contributed by atoms with E-state index in [1.807, 2.05) is 0 Å². The Balaban J connectivity index is 2.73. The fraction of sp³-hybridized carbons (Fsp3) is 0.400. The van der Waals surface area contributed by atoms with Gasteiger partial charge in [0.15, 0.2) is 12.6 Å². The number of aromatic hydroxyl groups is 1. The third-order valence-electron chi connectivity index (χ3n) is 2.57. The fourth-order valence-electron chi connectivity index (χ4n) is 1.46. The summed E-state index contributed by atoms with van der Waals surface area (Å²) in [6.45, 7) is 0.802. The lowest BCUT2D eigenvalue weighted by Crippen LogP contribution is -2.08. The summed E-state index contributed by atoms with van der Waals surface area (Å²) in [5, 5.41) is 10.1. The molecular formula is C15H20ClNO5. The van der Waals surface area contributed by atoms with Crippen LogP contribution >= 0.6 is 11.6 Å². The van der Waals surface area contributed by atoms with Gasteiger partial charge in [0.25, 0.3) is 0 Å². The molecule has 1 aromatic carbocycles. The van der Waals surface area contributed by atoms with Crippen molar-refractivity contribution in [1.29, 1.82) is 0 Å². The zero-order valence-corrected chi connectivity index (χ0v) is 13.6. The standard InChI is InChI=1S/C15H20ClNO5/c1-17(2)5-4-13(18)11-8-12(16)15(9-14(11)19)22-10-21-7-6-20-3/h4-5,8-9,19H,6-7,10H2,1-3H3/b5-4+. The first kappa shape index (κ1) is 18.3. The molecule has 0 spiro atoms. The van der Waals surface area contributed by atoms with Gasteiger partial charge in [-0.2, -0.15) is 0 Å². The number of hydrogen-bond acceptors (Lipinski definition) is 6. The minimum Gasteiger partial charge on any atom is -0.507 e. The zero-order valence-electron chi connectivity index (χ0n) is 12.8. The van der Waals surface area contributed by atoms with Crippen LogP contribution in [0.5, 0.6) is 11.5 Å². The first-order valence-corrected chi connectivity index (χ1v) is 6.94. The summed E-state index contributed by atoms with van der Waals surface area (Å²) in [6, 6.07) is 2.66. The first-order chi connectivity index (χ1) is 10.5. The lowest BCUT2D eigenvalue weighted by molar-refractivity contribution is -0.00849. The van der Waals surface area contributed by atoms with Crippen molar-refractivity contribution in [3.05, 3.63) is 35.0 Å². The molecule has 1 aromatic rings. The number of allylic oxidation sites excluding steroid dienone is 1. The molecule has 0 bridgehead atoms. The number of halogens is 1. The minimum atomic E-state index is -0.351. The summed E-state index contributed by atoms with van der Waals surface area (Å²) in [6.07, 6.45) is 2.93. The summed E-state index contributed by atoms with van der Waals surface area (Å²) >= 11 is 6.05. The Morgan fingerprint density at radius 2 is 2.09 bits per heavy atom. The summed E-state index contributed by atoms with van der Waals surface area (Å²) < 4.78 is 15.3. The molecule has 0 saturated carbocycles. The number of carbonyl (C=O) groups is 1. The molecule has 0 radical (unpaired) electrons. The maximum Gasteiger partial charge on any atom is 0.191 e. The highest BCUT2D eigenvalue weighted by Gasteiger charge is 2.14. The van der Waals surface area contributed by atoms with Crippen LogP contribution in [0.2, 0.25) is 5.02 Å². The molecule has 0 unspecified atom stereocenters. The molecule has 0 aliphatic carbocycles. The normalized spacial score (nSPS) is 10.9. The second kappa shape index (κ2) is 9.30. The van der Waals surface area contributed by atoms with Crippen molar-refractivity contribution in [1.82, 2.24) is 4.90 Å². The summed E-state index contributed by atoms with van der Waals surface area (Å²) in [5.41, 5.74) is 0.107. The molecule has 0 aliphatic heterocycles. The van der Waals surface area contributed by atoms with Crippen LogP contribution in [0.15, 0.2) is 24.4 Å². The van der Waals surface area contributed by atoms with Gasteiger partial charge in [0, 0.05) is 39.5 Å². The number of benzene rings is 1. The monoisotopic (exact) mass is 329 g/mol. The minimum absolute atomic E-state index is 0.0314. The number of nitrogens with zero attached hydrogens (tertiary/aromatic N) is 1. The Kier molecular flexibility index (Phi) is 7.73.